The molecule has 6 aromatic carbocycles. The maximum absolute atomic E-state index is 14.3. The highest BCUT2D eigenvalue weighted by atomic mass is 16.5. The molecule has 2 aliphatic heterocycles. The van der Waals surface area contributed by atoms with Gasteiger partial charge in [0.05, 0.1) is 13.7 Å². The maximum atomic E-state index is 14.3. The molecule has 304 valence electrons. The first-order valence-corrected chi connectivity index (χ1v) is 21.0. The number of nitrogens with zero attached hydrogens (tertiary/aromatic N) is 3. The zero-order chi connectivity index (χ0) is 41.3. The molecule has 0 bridgehead atoms. The Morgan fingerprint density at radius 3 is 1.77 bits per heavy atom. The molecule has 2 fully saturated rings. The number of nitrogens with one attached hydrogen (secondary N) is 1. The fraction of sp³-hybridized carbons (Fsp3) is 0.264. The third-order valence-electron chi connectivity index (χ3n) is 12.0. The number of anilines is 1. The van der Waals surface area contributed by atoms with Crippen molar-refractivity contribution in [3.63, 3.8) is 0 Å². The molecule has 3 unspecified atom stereocenters. The van der Waals surface area contributed by atoms with E-state index in [0.29, 0.717) is 25.6 Å². The van der Waals surface area contributed by atoms with Gasteiger partial charge in [-0.25, -0.2) is 4.79 Å². The smallest absolute Gasteiger partial charge is 0.321 e. The minimum Gasteiger partial charge on any atom is -0.497 e. The fourth-order valence-corrected chi connectivity index (χ4v) is 9.18. The molecule has 4 atom stereocenters. The Hall–Kier alpha value is -6.17. The quantitative estimate of drug-likeness (QED) is 0.105. The number of carbonyl (C=O) groups is 1. The van der Waals surface area contributed by atoms with Crippen LogP contribution in [0.3, 0.4) is 0 Å². The molecular formula is C53H54N4O3. The van der Waals surface area contributed by atoms with E-state index in [0.717, 1.165) is 58.8 Å². The van der Waals surface area contributed by atoms with Gasteiger partial charge in [0.25, 0.3) is 0 Å². The summed E-state index contributed by atoms with van der Waals surface area (Å²) in [4.78, 5) is 21.2. The summed E-state index contributed by atoms with van der Waals surface area (Å²) in [5.74, 6) is 7.82. The Kier molecular flexibility index (Phi) is 12.7. The van der Waals surface area contributed by atoms with E-state index in [1.807, 2.05) is 59.5 Å². The second-order valence-corrected chi connectivity index (χ2v) is 16.2. The van der Waals surface area contributed by atoms with Crippen molar-refractivity contribution in [3.05, 3.63) is 203 Å². The third-order valence-corrected chi connectivity index (χ3v) is 12.0. The van der Waals surface area contributed by atoms with E-state index in [2.05, 4.69) is 156 Å². The molecule has 0 aliphatic carbocycles. The van der Waals surface area contributed by atoms with Gasteiger partial charge in [0, 0.05) is 54.5 Å². The Morgan fingerprint density at radius 1 is 0.700 bits per heavy atom. The van der Waals surface area contributed by atoms with Gasteiger partial charge in [-0.3, -0.25) is 4.90 Å². The summed E-state index contributed by atoms with van der Waals surface area (Å²) in [5, 5.41) is 3.20. The van der Waals surface area contributed by atoms with E-state index in [-0.39, 0.29) is 24.0 Å². The zero-order valence-electron chi connectivity index (χ0n) is 34.8. The Morgan fingerprint density at radius 2 is 1.23 bits per heavy atom. The first kappa shape index (κ1) is 40.6. The highest BCUT2D eigenvalue weighted by Crippen LogP contribution is 2.46. The van der Waals surface area contributed by atoms with E-state index in [9.17, 15) is 4.79 Å². The Balaban J connectivity index is 1.16. The normalized spacial score (nSPS) is 19.2. The molecule has 2 amide bonds. The van der Waals surface area contributed by atoms with Crippen LogP contribution in [-0.4, -0.2) is 86.8 Å². The largest absolute Gasteiger partial charge is 0.497 e. The molecule has 6 aromatic rings. The number of urea groups is 1. The van der Waals surface area contributed by atoms with Crippen LogP contribution in [0.15, 0.2) is 170 Å². The van der Waals surface area contributed by atoms with Crippen LogP contribution in [0.1, 0.15) is 45.7 Å². The van der Waals surface area contributed by atoms with Crippen molar-refractivity contribution in [2.75, 3.05) is 59.3 Å². The molecule has 7 heteroatoms. The van der Waals surface area contributed by atoms with Crippen LogP contribution in [0.5, 0.6) is 5.75 Å². The lowest BCUT2D eigenvalue weighted by Gasteiger charge is -2.58. The molecule has 0 saturated carbocycles. The number of fused-ring (bicyclic) bond motifs is 1. The number of methoxy groups -OCH3 is 1. The number of ether oxygens (including phenoxy) is 2. The van der Waals surface area contributed by atoms with E-state index in [4.69, 9.17) is 9.47 Å². The van der Waals surface area contributed by atoms with Crippen LogP contribution in [0.25, 0.3) is 0 Å². The summed E-state index contributed by atoms with van der Waals surface area (Å²) < 4.78 is 12.9. The number of carbonyl (C=O) groups excluding carboxylic acids is 1. The third kappa shape index (κ3) is 9.02. The van der Waals surface area contributed by atoms with Gasteiger partial charge in [-0.05, 0) is 104 Å². The van der Waals surface area contributed by atoms with E-state index >= 15 is 0 Å². The number of amides is 2. The van der Waals surface area contributed by atoms with Gasteiger partial charge in [-0.2, -0.15) is 0 Å². The molecule has 1 N–H and O–H groups in total. The fourth-order valence-electron chi connectivity index (χ4n) is 9.18. The van der Waals surface area contributed by atoms with Crippen LogP contribution in [0.4, 0.5) is 10.5 Å². The van der Waals surface area contributed by atoms with E-state index < -0.39 is 5.60 Å². The van der Waals surface area contributed by atoms with Crippen LogP contribution in [0, 0.1) is 17.8 Å². The van der Waals surface area contributed by atoms with E-state index in [1.54, 1.807) is 7.11 Å². The molecule has 8 rings (SSSR count). The average molecular weight is 795 g/mol. The summed E-state index contributed by atoms with van der Waals surface area (Å²) in [6, 6.07) is 58.2. The van der Waals surface area contributed by atoms with Crippen LogP contribution < -0.4 is 10.1 Å². The van der Waals surface area contributed by atoms with Gasteiger partial charge < -0.3 is 24.6 Å². The van der Waals surface area contributed by atoms with Crippen molar-refractivity contribution in [1.82, 2.24) is 14.7 Å². The average Bonchev–Trinajstić information content (AvgIpc) is 3.28. The van der Waals surface area contributed by atoms with Crippen molar-refractivity contribution >= 4 is 11.7 Å². The SMILES string of the molecule is COc1ccc(NC(=O)N2CC(CN(C)C)CCN3C(C2)C(c2ccc(C#Cc4ccccc4)cc2)[C@H]3COC(c2ccccc2)(c2ccccc2)c2ccccc2)cc1. The van der Waals surface area contributed by atoms with Crippen molar-refractivity contribution in [1.29, 1.82) is 0 Å². The molecule has 7 nitrogen and oxygen atoms in total. The first-order chi connectivity index (χ1) is 29.4. The predicted octanol–water partition coefficient (Wildman–Crippen LogP) is 9.36. The van der Waals surface area contributed by atoms with Gasteiger partial charge in [-0.15, -0.1) is 0 Å². The minimum atomic E-state index is -0.850. The molecule has 2 heterocycles. The molecule has 60 heavy (non-hydrogen) atoms. The standard InChI is InChI=1S/C53H54N4O3/c1-55(2)36-42-34-35-57-49(38-56(37-42)52(58)54-47-30-32-48(59-3)33-31-47)51(43-28-26-41(27-29-43)25-24-40-16-8-4-9-17-40)50(57)39-60-53(44-18-10-5-11-19-44,45-20-12-6-13-21-45)46-22-14-7-15-23-46/h4-23,26-33,42,49-51H,34-39H2,1-3H3,(H,54,58)/t42?,49?,50-,51?/m1/s1. The molecule has 2 saturated heterocycles. The lowest BCUT2D eigenvalue weighted by Crippen LogP contribution is -2.69. The van der Waals surface area contributed by atoms with Gasteiger partial charge in [0.1, 0.15) is 11.4 Å². The van der Waals surface area contributed by atoms with Gasteiger partial charge in [-0.1, -0.05) is 133 Å². The lowest BCUT2D eigenvalue weighted by atomic mass is 9.73. The van der Waals surface area contributed by atoms with Gasteiger partial charge in [0.15, 0.2) is 0 Å². The van der Waals surface area contributed by atoms with Crippen molar-refractivity contribution in [2.24, 2.45) is 5.92 Å². The van der Waals surface area contributed by atoms with Crippen LogP contribution in [0.2, 0.25) is 0 Å². The predicted molar refractivity (Wildman–Crippen MR) is 241 cm³/mol. The zero-order valence-corrected chi connectivity index (χ0v) is 34.8. The first-order valence-electron chi connectivity index (χ1n) is 21.0. The number of hydrogen-bond donors (Lipinski definition) is 1. The van der Waals surface area contributed by atoms with Crippen molar-refractivity contribution in [3.8, 4) is 17.6 Å². The van der Waals surface area contributed by atoms with Crippen molar-refractivity contribution in [2.45, 2.75) is 30.0 Å². The highest BCUT2D eigenvalue weighted by Gasteiger charge is 2.52. The van der Waals surface area contributed by atoms with E-state index in [1.165, 1.54) is 5.56 Å². The second-order valence-electron chi connectivity index (χ2n) is 16.2. The number of hydrogen-bond acceptors (Lipinski definition) is 5. The number of rotatable bonds is 11. The van der Waals surface area contributed by atoms with Crippen LogP contribution >= 0.6 is 0 Å². The van der Waals surface area contributed by atoms with Crippen molar-refractivity contribution < 1.29 is 14.3 Å². The molecule has 0 aromatic heterocycles. The number of benzene rings is 6. The van der Waals surface area contributed by atoms with Gasteiger partial charge in [0.2, 0.25) is 0 Å². The summed E-state index contributed by atoms with van der Waals surface area (Å²) in [5.41, 5.74) is 6.31. The molecule has 0 radical (unpaired) electrons. The summed E-state index contributed by atoms with van der Waals surface area (Å²) >= 11 is 0. The molecule has 0 spiro atoms. The maximum Gasteiger partial charge on any atom is 0.321 e. The Labute approximate surface area is 355 Å². The topological polar surface area (TPSA) is 57.3 Å². The monoisotopic (exact) mass is 794 g/mol. The highest BCUT2D eigenvalue weighted by molar-refractivity contribution is 5.89. The van der Waals surface area contributed by atoms with Gasteiger partial charge >= 0.3 is 6.03 Å². The van der Waals surface area contributed by atoms with Crippen LogP contribution in [-0.2, 0) is 10.3 Å². The summed E-state index contributed by atoms with van der Waals surface area (Å²) in [7, 11) is 5.88. The molecule has 2 aliphatic rings. The second kappa shape index (κ2) is 18.8. The lowest BCUT2D eigenvalue weighted by molar-refractivity contribution is -0.105. The Bertz CT molecular complexity index is 2250. The minimum absolute atomic E-state index is 0.0522. The summed E-state index contributed by atoms with van der Waals surface area (Å²) in [6.45, 7) is 3.54. The summed E-state index contributed by atoms with van der Waals surface area (Å²) in [6.07, 6.45) is 0.958. The molecular weight excluding hydrogens is 741 g/mol.